The number of nitrogens with zero attached hydrogens (tertiary/aromatic N) is 3. The van der Waals surface area contributed by atoms with Gasteiger partial charge in [0.25, 0.3) is 11.8 Å². The first-order chi connectivity index (χ1) is 39.5. The molecule has 9 rings (SSSR count). The third-order valence-electron chi connectivity index (χ3n) is 15.1. The van der Waals surface area contributed by atoms with Crippen molar-refractivity contribution < 1.29 is 47.7 Å². The minimum atomic E-state index is -0.610. The van der Waals surface area contributed by atoms with E-state index in [-0.39, 0.29) is 60.7 Å². The predicted molar refractivity (Wildman–Crippen MR) is 324 cm³/mol. The van der Waals surface area contributed by atoms with Gasteiger partial charge < -0.3 is 50.4 Å². The largest absolute Gasteiger partial charge is 0.493 e. The highest BCUT2D eigenvalue weighted by atomic mass is 33.1. The molecule has 0 saturated heterocycles. The highest BCUT2D eigenvalue weighted by Gasteiger charge is 2.39. The molecule has 4 heterocycles. The molecule has 0 aliphatic carbocycles. The number of ether oxygens (including phenoxy) is 4. The van der Waals surface area contributed by atoms with Crippen LogP contribution in [0.3, 0.4) is 0 Å². The van der Waals surface area contributed by atoms with Gasteiger partial charge in [-0.2, -0.15) is 0 Å². The lowest BCUT2D eigenvalue weighted by molar-refractivity contribution is -0.128. The number of methoxy groups -OCH3 is 2. The molecule has 0 spiro atoms. The molecule has 0 fully saturated rings. The van der Waals surface area contributed by atoms with Crippen molar-refractivity contribution in [3.8, 4) is 23.0 Å². The number of hydrogen-bond acceptors (Lipinski definition) is 14. The van der Waals surface area contributed by atoms with Gasteiger partial charge in [0, 0.05) is 59.5 Å². The summed E-state index contributed by atoms with van der Waals surface area (Å²) in [5.41, 5.74) is 8.80. The maximum Gasteiger partial charge on any atom is 0.261 e. The van der Waals surface area contributed by atoms with Gasteiger partial charge in [-0.3, -0.25) is 38.7 Å². The maximum absolute atomic E-state index is 14.5. The normalized spacial score (nSPS) is 15.9. The molecule has 5 aromatic carbocycles. The molecule has 432 valence electrons. The molecule has 6 amide bonds. The molecule has 82 heavy (non-hydrogen) atoms. The van der Waals surface area contributed by atoms with Gasteiger partial charge >= 0.3 is 0 Å². The van der Waals surface area contributed by atoms with Crippen LogP contribution in [-0.2, 0) is 45.2 Å². The molecular weight excluding hydrogens is 1080 g/mol. The number of rotatable bonds is 25. The Morgan fingerprint density at radius 3 is 2.07 bits per heavy atom. The highest BCUT2D eigenvalue weighted by molar-refractivity contribution is 8.76. The minimum Gasteiger partial charge on any atom is -0.493 e. The third kappa shape index (κ3) is 13.9. The van der Waals surface area contributed by atoms with Crippen LogP contribution in [0, 0.1) is 0 Å². The van der Waals surface area contributed by atoms with Crippen molar-refractivity contribution in [1.82, 2.24) is 16.0 Å². The first kappa shape index (κ1) is 58.9. The SMILES string of the molecule is CCCCCC(C)c1ccc2c(c1)C[C@H]1CNc3cc(OCc4cc(COc5cc6c(cc5OC)C(=O)N5c7ccccc7C[C@H]5C=N6)cc(NC(=O)CNC(=O)CNC(=O)CNC(=O)CCC(C)(C)SSC)c4)c(OC)cc3C(=O)N21. The van der Waals surface area contributed by atoms with Crippen molar-refractivity contribution in [2.45, 2.75) is 115 Å². The number of unbranched alkanes of at least 4 members (excludes halogenated alkanes) is 2. The van der Waals surface area contributed by atoms with Crippen molar-refractivity contribution in [3.05, 3.63) is 124 Å². The molecule has 4 aliphatic heterocycles. The summed E-state index contributed by atoms with van der Waals surface area (Å²) in [5, 5.41) is 14.0. The Balaban J connectivity index is 0.891. The van der Waals surface area contributed by atoms with Crippen LogP contribution in [-0.4, -0.2) is 105 Å². The van der Waals surface area contributed by atoms with E-state index in [1.165, 1.54) is 44.6 Å². The molecule has 20 heteroatoms. The summed E-state index contributed by atoms with van der Waals surface area (Å²) >= 11 is 0. The van der Waals surface area contributed by atoms with E-state index in [4.69, 9.17) is 23.9 Å². The molecule has 4 aliphatic rings. The van der Waals surface area contributed by atoms with Gasteiger partial charge in [0.15, 0.2) is 23.0 Å². The second kappa shape index (κ2) is 26.5. The smallest absolute Gasteiger partial charge is 0.261 e. The predicted octanol–water partition coefficient (Wildman–Crippen LogP) is 9.69. The van der Waals surface area contributed by atoms with E-state index in [1.54, 1.807) is 69.1 Å². The summed E-state index contributed by atoms with van der Waals surface area (Å²) in [6.45, 7) is 7.98. The lowest BCUT2D eigenvalue weighted by Gasteiger charge is -2.23. The van der Waals surface area contributed by atoms with Crippen LogP contribution in [0.25, 0.3) is 0 Å². The summed E-state index contributed by atoms with van der Waals surface area (Å²) in [6, 6.07) is 26.2. The number of amides is 6. The van der Waals surface area contributed by atoms with Crippen molar-refractivity contribution in [1.29, 1.82) is 0 Å². The van der Waals surface area contributed by atoms with Crippen LogP contribution in [0.5, 0.6) is 23.0 Å². The van der Waals surface area contributed by atoms with Gasteiger partial charge in [-0.05, 0) is 116 Å². The van der Waals surface area contributed by atoms with E-state index in [0.717, 1.165) is 29.8 Å². The average Bonchev–Trinajstić information content (AvgIpc) is 3.89. The quantitative estimate of drug-likeness (QED) is 0.0272. The van der Waals surface area contributed by atoms with E-state index in [1.807, 2.05) is 41.5 Å². The minimum absolute atomic E-state index is 0.00707. The van der Waals surface area contributed by atoms with Gasteiger partial charge in [-0.25, -0.2) is 0 Å². The van der Waals surface area contributed by atoms with Gasteiger partial charge in [-0.15, -0.1) is 0 Å². The number of hydrogen-bond donors (Lipinski definition) is 5. The number of anilines is 4. The lowest BCUT2D eigenvalue weighted by atomic mass is 9.93. The number of para-hydroxylation sites is 1. The van der Waals surface area contributed by atoms with Crippen LogP contribution in [0.4, 0.5) is 28.4 Å². The summed E-state index contributed by atoms with van der Waals surface area (Å²) in [6.07, 6.45) is 10.8. The third-order valence-corrected chi connectivity index (χ3v) is 17.8. The van der Waals surface area contributed by atoms with Crippen molar-refractivity contribution in [2.75, 3.05) is 67.1 Å². The molecule has 3 atom stereocenters. The number of nitrogens with one attached hydrogen (secondary N) is 5. The number of aliphatic imine (C=N–C) groups is 1. The number of carbonyl (C=O) groups is 6. The second-order valence-electron chi connectivity index (χ2n) is 21.6. The Kier molecular flexibility index (Phi) is 19.0. The fourth-order valence-electron chi connectivity index (χ4n) is 10.8. The second-order valence-corrected chi connectivity index (χ2v) is 24.7. The first-order valence-electron chi connectivity index (χ1n) is 27.8. The van der Waals surface area contributed by atoms with E-state index < -0.39 is 30.8 Å². The Hall–Kier alpha value is -7.71. The zero-order valence-electron chi connectivity index (χ0n) is 47.5. The molecule has 5 N–H and O–H groups in total. The van der Waals surface area contributed by atoms with Crippen molar-refractivity contribution >= 4 is 91.7 Å². The van der Waals surface area contributed by atoms with E-state index in [9.17, 15) is 28.8 Å². The zero-order chi connectivity index (χ0) is 58.1. The van der Waals surface area contributed by atoms with Gasteiger partial charge in [0.1, 0.15) is 13.2 Å². The van der Waals surface area contributed by atoms with Gasteiger partial charge in [0.05, 0.1) is 68.4 Å². The molecule has 0 bridgehead atoms. The van der Waals surface area contributed by atoms with Crippen LogP contribution in [0.15, 0.2) is 89.9 Å². The highest BCUT2D eigenvalue weighted by Crippen LogP contribution is 2.44. The molecule has 1 unspecified atom stereocenters. The van der Waals surface area contributed by atoms with Crippen LogP contribution >= 0.6 is 21.6 Å². The van der Waals surface area contributed by atoms with E-state index in [0.29, 0.717) is 87.6 Å². The topological polar surface area (TPSA) is 218 Å². The van der Waals surface area contributed by atoms with Crippen molar-refractivity contribution in [2.24, 2.45) is 4.99 Å². The van der Waals surface area contributed by atoms with Gasteiger partial charge in [-0.1, -0.05) is 85.0 Å². The number of carbonyl (C=O) groups excluding carboxylic acids is 6. The van der Waals surface area contributed by atoms with Crippen LogP contribution in [0.1, 0.15) is 121 Å². The fourth-order valence-corrected chi connectivity index (χ4v) is 13.1. The Morgan fingerprint density at radius 1 is 0.732 bits per heavy atom. The molecule has 0 saturated carbocycles. The van der Waals surface area contributed by atoms with Crippen LogP contribution in [0.2, 0.25) is 0 Å². The monoisotopic (exact) mass is 1150 g/mol. The molecule has 0 aromatic heterocycles. The zero-order valence-corrected chi connectivity index (χ0v) is 49.2. The maximum atomic E-state index is 14.5. The van der Waals surface area contributed by atoms with Crippen LogP contribution < -0.4 is 55.3 Å². The molecule has 5 aromatic rings. The average molecular weight is 1150 g/mol. The Labute approximate surface area is 487 Å². The van der Waals surface area contributed by atoms with Crippen molar-refractivity contribution in [3.63, 3.8) is 0 Å². The van der Waals surface area contributed by atoms with Gasteiger partial charge in [0.2, 0.25) is 23.6 Å². The summed E-state index contributed by atoms with van der Waals surface area (Å²) < 4.78 is 24.4. The molecule has 0 radical (unpaired) electrons. The first-order valence-corrected chi connectivity index (χ1v) is 30.4. The molecule has 18 nitrogen and oxygen atoms in total. The summed E-state index contributed by atoms with van der Waals surface area (Å²) in [4.78, 5) is 88.1. The summed E-state index contributed by atoms with van der Waals surface area (Å²) in [7, 11) is 6.33. The fraction of sp³-hybridized carbons (Fsp3) is 0.403. The Bertz CT molecular complexity index is 3280. The van der Waals surface area contributed by atoms with E-state index in [2.05, 4.69) is 72.5 Å². The number of benzene rings is 5. The lowest BCUT2D eigenvalue weighted by Crippen LogP contribution is -2.43. The summed E-state index contributed by atoms with van der Waals surface area (Å²) in [5.74, 6) is -0.475. The standard InChI is InChI=1S/C62H72N8O10S2/c1-8-9-10-13-37(2)40-16-17-51-42(23-40)25-45-31-64-49-29-55(53(78-6)27-47(49)61(76)70(45)51)80-36-39-20-38(21-43(22-39)68-59(74)34-67-58(73)33-66-57(72)32-65-56(71)18-19-62(3,4)82-81-7)35-79-54-28-48-46(26-52(54)77-5)60(75)69-44(30-63-48)24-41-14-11-12-15-50(41)69/h11-12,14-17,20-23,26-30,37,44-45,64H,8-10,13,18-19,24-25,31-36H2,1-7H3,(H,65,71)(H,66,72)(H,67,73)(H,68,74)/t37?,44-,45-/m0/s1. The van der Waals surface area contributed by atoms with E-state index >= 15 is 0 Å². The number of fused-ring (bicyclic) bond motifs is 8. The Morgan fingerprint density at radius 2 is 1.38 bits per heavy atom. The molecular formula is C62H72N8O10S2.